The van der Waals surface area contributed by atoms with Gasteiger partial charge in [0.05, 0.1) is 11.5 Å². The Morgan fingerprint density at radius 3 is 2.69 bits per heavy atom. The van der Waals surface area contributed by atoms with Crippen molar-refractivity contribution in [2.45, 2.75) is 25.2 Å². The van der Waals surface area contributed by atoms with Crippen molar-refractivity contribution in [2.24, 2.45) is 0 Å². The van der Waals surface area contributed by atoms with Crippen molar-refractivity contribution in [2.75, 3.05) is 0 Å². The lowest BCUT2D eigenvalue weighted by Crippen LogP contribution is -2.21. The minimum Gasteiger partial charge on any atom is -0.481 e. The van der Waals surface area contributed by atoms with Gasteiger partial charge in [0.1, 0.15) is 0 Å². The Kier molecular flexibility index (Phi) is 3.92. The van der Waals surface area contributed by atoms with Crippen LogP contribution < -0.4 is 0 Å². The van der Waals surface area contributed by atoms with E-state index >= 15 is 0 Å². The average molecular weight is 238 g/mol. The number of nitrogens with zero attached hydrogens (tertiary/aromatic N) is 1. The van der Waals surface area contributed by atoms with Crippen LogP contribution in [-0.2, 0) is 10.2 Å². The molecule has 0 bridgehead atoms. The molecule has 16 heavy (non-hydrogen) atoms. The highest BCUT2D eigenvalue weighted by Crippen LogP contribution is 2.33. The largest absolute Gasteiger partial charge is 0.481 e. The summed E-state index contributed by atoms with van der Waals surface area (Å²) in [6.45, 7) is 1.71. The number of carboxylic acid groups (broad SMARTS) is 1. The Morgan fingerprint density at radius 2 is 2.19 bits per heavy atom. The van der Waals surface area contributed by atoms with E-state index in [1.807, 2.05) is 0 Å². The maximum Gasteiger partial charge on any atom is 0.303 e. The normalized spacial score (nSPS) is 13.8. The van der Waals surface area contributed by atoms with Crippen LogP contribution in [-0.4, -0.2) is 11.1 Å². The Bertz CT molecular complexity index is 439. The molecule has 0 fully saturated rings. The molecule has 3 nitrogen and oxygen atoms in total. The van der Waals surface area contributed by atoms with Gasteiger partial charge in [-0.3, -0.25) is 4.79 Å². The summed E-state index contributed by atoms with van der Waals surface area (Å²) in [5.41, 5.74) is -0.170. The topological polar surface area (TPSA) is 61.1 Å². The van der Waals surface area contributed by atoms with E-state index in [1.165, 1.54) is 0 Å². The van der Waals surface area contributed by atoms with E-state index in [-0.39, 0.29) is 12.8 Å². The van der Waals surface area contributed by atoms with Gasteiger partial charge in [0.15, 0.2) is 0 Å². The zero-order valence-corrected chi connectivity index (χ0v) is 9.66. The fourth-order valence-corrected chi connectivity index (χ4v) is 1.86. The summed E-state index contributed by atoms with van der Waals surface area (Å²) >= 11 is 6.00. The fraction of sp³-hybridized carbons (Fsp3) is 0.333. The highest BCUT2D eigenvalue weighted by Gasteiger charge is 2.29. The first-order chi connectivity index (χ1) is 7.49. The molecule has 0 saturated heterocycles. The lowest BCUT2D eigenvalue weighted by atomic mass is 9.80. The van der Waals surface area contributed by atoms with Gasteiger partial charge in [-0.25, -0.2) is 0 Å². The molecule has 1 atom stereocenters. The van der Waals surface area contributed by atoms with Crippen LogP contribution in [0, 0.1) is 11.3 Å². The monoisotopic (exact) mass is 237 g/mol. The minimum atomic E-state index is -0.909. The number of halogens is 1. The molecule has 0 heterocycles. The zero-order chi connectivity index (χ0) is 12.2. The molecule has 0 radical (unpaired) electrons. The minimum absolute atomic E-state index is 0.0463. The molecule has 0 spiro atoms. The number of hydrogen-bond acceptors (Lipinski definition) is 2. The van der Waals surface area contributed by atoms with E-state index in [2.05, 4.69) is 6.07 Å². The third-order valence-electron chi connectivity index (χ3n) is 2.55. The van der Waals surface area contributed by atoms with Gasteiger partial charge in [-0.1, -0.05) is 29.8 Å². The van der Waals surface area contributed by atoms with Crippen LogP contribution in [0.5, 0.6) is 0 Å². The van der Waals surface area contributed by atoms with E-state index in [0.29, 0.717) is 10.6 Å². The van der Waals surface area contributed by atoms with Crippen LogP contribution in [0.25, 0.3) is 0 Å². The first-order valence-electron chi connectivity index (χ1n) is 4.87. The van der Waals surface area contributed by atoms with Gasteiger partial charge in [0.2, 0.25) is 0 Å². The van der Waals surface area contributed by atoms with Crippen molar-refractivity contribution in [3.8, 4) is 6.07 Å². The van der Waals surface area contributed by atoms with Crippen LogP contribution >= 0.6 is 11.6 Å². The Balaban J connectivity index is 3.02. The van der Waals surface area contributed by atoms with Gasteiger partial charge in [-0.15, -0.1) is 0 Å². The molecule has 1 unspecified atom stereocenters. The third-order valence-corrected chi connectivity index (χ3v) is 2.88. The quantitative estimate of drug-likeness (QED) is 0.876. The van der Waals surface area contributed by atoms with Gasteiger partial charge in [0.25, 0.3) is 0 Å². The summed E-state index contributed by atoms with van der Waals surface area (Å²) in [5.74, 6) is -0.909. The molecule has 1 rings (SSSR count). The molecule has 0 aliphatic carbocycles. The van der Waals surface area contributed by atoms with Crippen molar-refractivity contribution in [1.29, 1.82) is 5.26 Å². The van der Waals surface area contributed by atoms with Crippen LogP contribution in [0.3, 0.4) is 0 Å². The van der Waals surface area contributed by atoms with Gasteiger partial charge in [-0.2, -0.15) is 5.26 Å². The lowest BCUT2D eigenvalue weighted by Gasteiger charge is -2.22. The van der Waals surface area contributed by atoms with Crippen molar-refractivity contribution < 1.29 is 9.90 Å². The Labute approximate surface area is 99.3 Å². The van der Waals surface area contributed by atoms with Crippen molar-refractivity contribution in [3.05, 3.63) is 34.9 Å². The standard InChI is InChI=1S/C12H12ClNO2/c1-12(8-14,7-6-11(15)16)9-4-2-3-5-10(9)13/h2-5H,6-7H2,1H3,(H,15,16). The first-order valence-corrected chi connectivity index (χ1v) is 5.25. The highest BCUT2D eigenvalue weighted by atomic mass is 35.5. The molecule has 1 aromatic rings. The van der Waals surface area contributed by atoms with Crippen LogP contribution in [0.15, 0.2) is 24.3 Å². The number of nitriles is 1. The second kappa shape index (κ2) is 5.00. The maximum atomic E-state index is 10.5. The summed E-state index contributed by atoms with van der Waals surface area (Å²) in [6.07, 6.45) is 0.206. The SMILES string of the molecule is CC(C#N)(CCC(=O)O)c1ccccc1Cl. The van der Waals surface area contributed by atoms with E-state index in [9.17, 15) is 10.1 Å². The Morgan fingerprint density at radius 1 is 1.56 bits per heavy atom. The maximum absolute atomic E-state index is 10.5. The fourth-order valence-electron chi connectivity index (χ4n) is 1.52. The number of hydrogen-bond donors (Lipinski definition) is 1. The molecule has 1 N–H and O–H groups in total. The molecular formula is C12H12ClNO2. The number of aliphatic carboxylic acids is 1. The van der Waals surface area contributed by atoms with Crippen molar-refractivity contribution in [3.63, 3.8) is 0 Å². The molecule has 0 aliphatic heterocycles. The highest BCUT2D eigenvalue weighted by molar-refractivity contribution is 6.31. The predicted octanol–water partition coefficient (Wildman–Crippen LogP) is 2.99. The molecule has 0 amide bonds. The van der Waals surface area contributed by atoms with E-state index < -0.39 is 11.4 Å². The molecule has 0 aromatic heterocycles. The number of carboxylic acids is 1. The number of carbonyl (C=O) groups is 1. The number of rotatable bonds is 4. The van der Waals surface area contributed by atoms with E-state index in [4.69, 9.17) is 16.7 Å². The van der Waals surface area contributed by atoms with Crippen LogP contribution in [0.1, 0.15) is 25.3 Å². The van der Waals surface area contributed by atoms with Crippen LogP contribution in [0.4, 0.5) is 0 Å². The summed E-state index contributed by atoms with van der Waals surface area (Å²) < 4.78 is 0. The van der Waals surface area contributed by atoms with Gasteiger partial charge >= 0.3 is 5.97 Å². The second-order valence-corrected chi connectivity index (χ2v) is 4.22. The molecule has 4 heteroatoms. The zero-order valence-electron chi connectivity index (χ0n) is 8.90. The van der Waals surface area contributed by atoms with Crippen molar-refractivity contribution in [1.82, 2.24) is 0 Å². The van der Waals surface area contributed by atoms with Gasteiger partial charge < -0.3 is 5.11 Å². The summed E-state index contributed by atoms with van der Waals surface area (Å²) in [5, 5.41) is 18.3. The van der Waals surface area contributed by atoms with E-state index in [0.717, 1.165) is 0 Å². The van der Waals surface area contributed by atoms with Crippen molar-refractivity contribution >= 4 is 17.6 Å². The summed E-state index contributed by atoms with van der Waals surface area (Å²) in [7, 11) is 0. The molecule has 84 valence electrons. The summed E-state index contributed by atoms with van der Waals surface area (Å²) in [4.78, 5) is 10.5. The van der Waals surface area contributed by atoms with E-state index in [1.54, 1.807) is 31.2 Å². The second-order valence-electron chi connectivity index (χ2n) is 3.82. The van der Waals surface area contributed by atoms with Crippen LogP contribution in [0.2, 0.25) is 5.02 Å². The molecule has 0 saturated carbocycles. The van der Waals surface area contributed by atoms with Gasteiger partial charge in [0, 0.05) is 11.4 Å². The molecular weight excluding hydrogens is 226 g/mol. The van der Waals surface area contributed by atoms with Gasteiger partial charge in [-0.05, 0) is 25.0 Å². The average Bonchev–Trinajstić information content (AvgIpc) is 2.26. The predicted molar refractivity (Wildman–Crippen MR) is 61.3 cm³/mol. The lowest BCUT2D eigenvalue weighted by molar-refractivity contribution is -0.137. The smallest absolute Gasteiger partial charge is 0.303 e. The molecule has 0 aliphatic rings. The number of benzene rings is 1. The summed E-state index contributed by atoms with van der Waals surface area (Å²) in [6, 6.07) is 9.17. The first kappa shape index (κ1) is 12.5. The molecule has 1 aromatic carbocycles. The third kappa shape index (κ3) is 2.74. The Hall–Kier alpha value is -1.53.